The van der Waals surface area contributed by atoms with Gasteiger partial charge in [-0.25, -0.2) is 0 Å². The highest BCUT2D eigenvalue weighted by molar-refractivity contribution is 5.76. The molecule has 3 rings (SSSR count). The minimum Gasteiger partial charge on any atom is -0.340 e. The lowest BCUT2D eigenvalue weighted by molar-refractivity contribution is -0.134. The zero-order valence-electron chi connectivity index (χ0n) is 12.9. The van der Waals surface area contributed by atoms with Crippen LogP contribution in [0.15, 0.2) is 34.9 Å². The highest BCUT2D eigenvalue weighted by Crippen LogP contribution is 2.19. The summed E-state index contributed by atoms with van der Waals surface area (Å²) < 4.78 is 5.25. The first-order chi connectivity index (χ1) is 10.7. The minimum atomic E-state index is 0.187. The Morgan fingerprint density at radius 2 is 2.14 bits per heavy atom. The summed E-state index contributed by atoms with van der Waals surface area (Å²) in [6.45, 7) is 3.00. The molecule has 0 saturated carbocycles. The minimum absolute atomic E-state index is 0.187. The smallest absolute Gasteiger partial charge is 0.227 e. The maximum atomic E-state index is 12.3. The predicted molar refractivity (Wildman–Crippen MR) is 83.1 cm³/mol. The normalized spacial score (nSPS) is 18.4. The number of likely N-dealkylation sites (tertiary alicyclic amines) is 1. The lowest BCUT2D eigenvalue weighted by Crippen LogP contribution is -2.42. The SMILES string of the molecule is CC1CCCCN1C(=O)CCc1nc(-c2ccccc2)no1. The fraction of sp³-hybridized carbons (Fsp3) is 0.471. The van der Waals surface area contributed by atoms with Gasteiger partial charge in [-0.15, -0.1) is 0 Å². The molecule has 0 spiro atoms. The summed E-state index contributed by atoms with van der Waals surface area (Å²) in [6.07, 6.45) is 4.36. The zero-order chi connectivity index (χ0) is 15.4. The first-order valence-electron chi connectivity index (χ1n) is 7.91. The van der Waals surface area contributed by atoms with Gasteiger partial charge in [0.05, 0.1) is 0 Å². The van der Waals surface area contributed by atoms with Crippen molar-refractivity contribution in [2.24, 2.45) is 0 Å². The standard InChI is InChI=1S/C17H21N3O2/c1-13-7-5-6-12-20(13)16(21)11-10-15-18-17(19-22-15)14-8-3-2-4-9-14/h2-4,8-9,13H,5-7,10-12H2,1H3. The predicted octanol–water partition coefficient (Wildman–Crippen LogP) is 3.07. The number of benzene rings is 1. The molecule has 1 fully saturated rings. The van der Waals surface area contributed by atoms with Crippen molar-refractivity contribution in [1.29, 1.82) is 0 Å². The first-order valence-corrected chi connectivity index (χ1v) is 7.91. The summed E-state index contributed by atoms with van der Waals surface area (Å²) in [5.74, 6) is 1.29. The average Bonchev–Trinajstić information content (AvgIpc) is 3.03. The van der Waals surface area contributed by atoms with Gasteiger partial charge in [0.2, 0.25) is 17.6 Å². The Morgan fingerprint density at radius 3 is 2.91 bits per heavy atom. The van der Waals surface area contributed by atoms with Crippen molar-refractivity contribution in [3.05, 3.63) is 36.2 Å². The number of carbonyl (C=O) groups excluding carboxylic acids is 1. The first kappa shape index (κ1) is 14.8. The van der Waals surface area contributed by atoms with Gasteiger partial charge in [0.25, 0.3) is 0 Å². The topological polar surface area (TPSA) is 59.2 Å². The highest BCUT2D eigenvalue weighted by Gasteiger charge is 2.23. The second-order valence-corrected chi connectivity index (χ2v) is 5.81. The molecule has 0 aliphatic carbocycles. The summed E-state index contributed by atoms with van der Waals surface area (Å²) in [6, 6.07) is 10.1. The van der Waals surface area contributed by atoms with Gasteiger partial charge in [0, 0.05) is 31.0 Å². The summed E-state index contributed by atoms with van der Waals surface area (Å²) in [7, 11) is 0. The number of carbonyl (C=O) groups is 1. The molecule has 22 heavy (non-hydrogen) atoms. The number of aromatic nitrogens is 2. The van der Waals surface area contributed by atoms with E-state index in [9.17, 15) is 4.79 Å². The second-order valence-electron chi connectivity index (χ2n) is 5.81. The molecule has 2 aromatic rings. The lowest BCUT2D eigenvalue weighted by Gasteiger charge is -2.33. The van der Waals surface area contributed by atoms with Crippen LogP contribution in [0.4, 0.5) is 0 Å². The molecular weight excluding hydrogens is 278 g/mol. The molecule has 1 saturated heterocycles. The number of piperidine rings is 1. The van der Waals surface area contributed by atoms with Crippen molar-refractivity contribution in [2.75, 3.05) is 6.54 Å². The van der Waals surface area contributed by atoms with Crippen LogP contribution in [0.2, 0.25) is 0 Å². The van der Waals surface area contributed by atoms with E-state index in [2.05, 4.69) is 17.1 Å². The van der Waals surface area contributed by atoms with Gasteiger partial charge < -0.3 is 9.42 Å². The van der Waals surface area contributed by atoms with E-state index in [4.69, 9.17) is 4.52 Å². The summed E-state index contributed by atoms with van der Waals surface area (Å²) in [5.41, 5.74) is 0.925. The molecule has 5 nitrogen and oxygen atoms in total. The molecule has 0 radical (unpaired) electrons. The van der Waals surface area contributed by atoms with E-state index in [0.29, 0.717) is 30.6 Å². The van der Waals surface area contributed by atoms with E-state index in [1.165, 1.54) is 6.42 Å². The van der Waals surface area contributed by atoms with Crippen molar-refractivity contribution in [1.82, 2.24) is 15.0 Å². The van der Waals surface area contributed by atoms with Crippen LogP contribution in [-0.2, 0) is 11.2 Å². The van der Waals surface area contributed by atoms with E-state index in [-0.39, 0.29) is 5.91 Å². The Hall–Kier alpha value is -2.17. The van der Waals surface area contributed by atoms with E-state index >= 15 is 0 Å². The number of aryl methyl sites for hydroxylation is 1. The molecule has 1 aromatic carbocycles. The molecule has 5 heteroatoms. The molecule has 1 atom stereocenters. The highest BCUT2D eigenvalue weighted by atomic mass is 16.5. The van der Waals surface area contributed by atoms with Gasteiger partial charge in [-0.3, -0.25) is 4.79 Å². The van der Waals surface area contributed by atoms with Crippen molar-refractivity contribution in [3.63, 3.8) is 0 Å². The molecular formula is C17H21N3O2. The van der Waals surface area contributed by atoms with E-state index in [0.717, 1.165) is 24.9 Å². The molecule has 0 bridgehead atoms. The Bertz CT molecular complexity index is 624. The van der Waals surface area contributed by atoms with Crippen LogP contribution in [0.25, 0.3) is 11.4 Å². The molecule has 0 N–H and O–H groups in total. The third kappa shape index (κ3) is 3.35. The van der Waals surface area contributed by atoms with Crippen LogP contribution < -0.4 is 0 Å². The van der Waals surface area contributed by atoms with Crippen LogP contribution in [-0.4, -0.2) is 33.5 Å². The van der Waals surface area contributed by atoms with E-state index < -0.39 is 0 Å². The monoisotopic (exact) mass is 299 g/mol. The fourth-order valence-corrected chi connectivity index (χ4v) is 2.89. The second kappa shape index (κ2) is 6.73. The molecule has 1 aliphatic heterocycles. The van der Waals surface area contributed by atoms with E-state index in [1.54, 1.807) is 0 Å². The lowest BCUT2D eigenvalue weighted by atomic mass is 10.0. The van der Waals surface area contributed by atoms with Gasteiger partial charge in [-0.2, -0.15) is 4.98 Å². The molecule has 1 aliphatic rings. The van der Waals surface area contributed by atoms with Crippen LogP contribution >= 0.6 is 0 Å². The van der Waals surface area contributed by atoms with Crippen molar-refractivity contribution < 1.29 is 9.32 Å². The number of rotatable bonds is 4. The Labute approximate surface area is 130 Å². The Balaban J connectivity index is 1.58. The number of hydrogen-bond donors (Lipinski definition) is 0. The summed E-state index contributed by atoms with van der Waals surface area (Å²) in [4.78, 5) is 18.6. The van der Waals surface area contributed by atoms with Crippen molar-refractivity contribution >= 4 is 5.91 Å². The van der Waals surface area contributed by atoms with E-state index in [1.807, 2.05) is 35.2 Å². The van der Waals surface area contributed by atoms with Crippen molar-refractivity contribution in [2.45, 2.75) is 45.1 Å². The summed E-state index contributed by atoms with van der Waals surface area (Å²) in [5, 5.41) is 3.98. The molecule has 1 amide bonds. The van der Waals surface area contributed by atoms with Crippen molar-refractivity contribution in [3.8, 4) is 11.4 Å². The van der Waals surface area contributed by atoms with Gasteiger partial charge >= 0.3 is 0 Å². The van der Waals surface area contributed by atoms with Crippen LogP contribution in [0.5, 0.6) is 0 Å². The molecule has 2 heterocycles. The van der Waals surface area contributed by atoms with Crippen LogP contribution in [0.1, 0.15) is 38.5 Å². The largest absolute Gasteiger partial charge is 0.340 e. The summed E-state index contributed by atoms with van der Waals surface area (Å²) >= 11 is 0. The maximum absolute atomic E-state index is 12.3. The molecule has 1 aromatic heterocycles. The maximum Gasteiger partial charge on any atom is 0.227 e. The van der Waals surface area contributed by atoms with Gasteiger partial charge in [0.15, 0.2) is 0 Å². The zero-order valence-corrected chi connectivity index (χ0v) is 12.9. The third-order valence-corrected chi connectivity index (χ3v) is 4.18. The average molecular weight is 299 g/mol. The van der Waals surface area contributed by atoms with Crippen LogP contribution in [0.3, 0.4) is 0 Å². The van der Waals surface area contributed by atoms with Gasteiger partial charge in [-0.05, 0) is 26.2 Å². The third-order valence-electron chi connectivity index (χ3n) is 4.18. The Kier molecular flexibility index (Phi) is 4.51. The molecule has 116 valence electrons. The number of hydrogen-bond acceptors (Lipinski definition) is 4. The van der Waals surface area contributed by atoms with Gasteiger partial charge in [-0.1, -0.05) is 35.5 Å². The van der Waals surface area contributed by atoms with Crippen LogP contribution in [0, 0.1) is 0 Å². The number of amides is 1. The quantitative estimate of drug-likeness (QED) is 0.870. The van der Waals surface area contributed by atoms with Gasteiger partial charge in [0.1, 0.15) is 0 Å². The Morgan fingerprint density at radius 1 is 1.32 bits per heavy atom. The number of nitrogens with zero attached hydrogens (tertiary/aromatic N) is 3. The molecule has 1 unspecified atom stereocenters. The fourth-order valence-electron chi connectivity index (χ4n) is 2.89.